The topological polar surface area (TPSA) is 182 Å². The van der Waals surface area contributed by atoms with Crippen molar-refractivity contribution < 1.29 is 52.6 Å². The monoisotopic (exact) mass is 926 g/mol. The Morgan fingerprint density at radius 1 is 0.522 bits per heavy atom. The zero-order valence-corrected chi connectivity index (χ0v) is 40.8. The van der Waals surface area contributed by atoms with E-state index < -0.39 is 29.0 Å². The molecule has 7 rings (SSSR count). The van der Waals surface area contributed by atoms with Crippen molar-refractivity contribution in [3.63, 3.8) is 0 Å². The van der Waals surface area contributed by atoms with Crippen molar-refractivity contribution in [3.05, 3.63) is 131 Å². The first-order valence-corrected chi connectivity index (χ1v) is 23.0. The summed E-state index contributed by atoms with van der Waals surface area (Å²) in [5.41, 5.74) is 4.17. The van der Waals surface area contributed by atoms with Gasteiger partial charge in [0.1, 0.15) is 53.2 Å². The third-order valence-electron chi connectivity index (χ3n) is 10.1. The third kappa shape index (κ3) is 21.6. The average molecular weight is 926 g/mol. The van der Waals surface area contributed by atoms with Gasteiger partial charge in [0.05, 0.1) is 37.9 Å². The van der Waals surface area contributed by atoms with Gasteiger partial charge < -0.3 is 54.2 Å². The number of nitrogens with one attached hydrogen (secondary N) is 3. The lowest BCUT2D eigenvalue weighted by Crippen LogP contribution is -2.43. The Balaban J connectivity index is 0.000000192. The van der Waals surface area contributed by atoms with Crippen molar-refractivity contribution in [3.8, 4) is 11.5 Å². The summed E-state index contributed by atoms with van der Waals surface area (Å²) >= 11 is 0. The molecule has 4 N–H and O–H groups in total. The summed E-state index contributed by atoms with van der Waals surface area (Å²) in [7, 11) is 0. The van der Waals surface area contributed by atoms with Gasteiger partial charge in [-0.3, -0.25) is 0 Å². The van der Waals surface area contributed by atoms with Crippen LogP contribution in [0.25, 0.3) is 0 Å². The highest BCUT2D eigenvalue weighted by Gasteiger charge is 2.37. The van der Waals surface area contributed by atoms with Crippen LogP contribution in [0.15, 0.2) is 103 Å². The van der Waals surface area contributed by atoms with Gasteiger partial charge in [0.25, 0.3) is 0 Å². The van der Waals surface area contributed by atoms with Crippen molar-refractivity contribution in [1.82, 2.24) is 16.0 Å². The Morgan fingerprint density at radius 2 is 0.851 bits per heavy atom. The SMILES string of the molecule is CC(C)(C)OC(=O)N[C@@H](Cc1ccc(O)cc1)[C@H]1CO1.CC(C)(C)OC(=O)N[C@@H](Cc1ccc(OCc2ccccc2)cc1)[C@H]1CO1.Cc1ccc(C[C@H](NC(=O)OC(C)(C)C)[C@H]2CO2)cc1. The quantitative estimate of drug-likeness (QED) is 0.0659. The summed E-state index contributed by atoms with van der Waals surface area (Å²) in [5, 5.41) is 18.0. The van der Waals surface area contributed by atoms with Crippen molar-refractivity contribution in [2.75, 3.05) is 19.8 Å². The van der Waals surface area contributed by atoms with Gasteiger partial charge in [0.15, 0.2) is 0 Å². The normalized spacial score (nSPS) is 18.4. The van der Waals surface area contributed by atoms with E-state index in [1.165, 1.54) is 11.1 Å². The zero-order valence-electron chi connectivity index (χ0n) is 40.8. The van der Waals surface area contributed by atoms with E-state index in [2.05, 4.69) is 47.1 Å². The highest BCUT2D eigenvalue weighted by atomic mass is 16.6. The zero-order chi connectivity index (χ0) is 48.8. The summed E-state index contributed by atoms with van der Waals surface area (Å²) in [6, 6.07) is 33.0. The van der Waals surface area contributed by atoms with Crippen LogP contribution in [0.4, 0.5) is 14.4 Å². The molecule has 67 heavy (non-hydrogen) atoms. The molecule has 3 aliphatic rings. The van der Waals surface area contributed by atoms with Crippen LogP contribution >= 0.6 is 0 Å². The summed E-state index contributed by atoms with van der Waals surface area (Å²) in [6.45, 7) is 21.2. The molecule has 4 aromatic rings. The average Bonchev–Trinajstić information content (AvgIpc) is 4.06. The van der Waals surface area contributed by atoms with Crippen LogP contribution in [0, 0.1) is 6.92 Å². The van der Waals surface area contributed by atoms with Crippen LogP contribution in [0.2, 0.25) is 0 Å². The van der Waals surface area contributed by atoms with Crippen LogP contribution in [0.1, 0.15) is 90.1 Å². The highest BCUT2D eigenvalue weighted by molar-refractivity contribution is 5.69. The van der Waals surface area contributed by atoms with E-state index in [-0.39, 0.29) is 48.3 Å². The molecule has 3 saturated heterocycles. The van der Waals surface area contributed by atoms with E-state index in [0.717, 1.165) is 28.9 Å². The second kappa shape index (κ2) is 23.8. The predicted molar refractivity (Wildman–Crippen MR) is 256 cm³/mol. The van der Waals surface area contributed by atoms with E-state index in [0.29, 0.717) is 39.3 Å². The number of amides is 3. The molecule has 4 aromatic carbocycles. The van der Waals surface area contributed by atoms with Gasteiger partial charge in [0, 0.05) is 0 Å². The minimum atomic E-state index is -0.517. The second-order valence-electron chi connectivity index (χ2n) is 20.1. The van der Waals surface area contributed by atoms with Crippen molar-refractivity contribution in [2.45, 2.75) is 148 Å². The lowest BCUT2D eigenvalue weighted by molar-refractivity contribution is 0.0483. The molecule has 3 amide bonds. The molecule has 3 aliphatic heterocycles. The molecule has 14 nitrogen and oxygen atoms in total. The van der Waals surface area contributed by atoms with E-state index in [9.17, 15) is 19.5 Å². The predicted octanol–water partition coefficient (Wildman–Crippen LogP) is 9.16. The van der Waals surface area contributed by atoms with Crippen molar-refractivity contribution >= 4 is 18.3 Å². The maximum atomic E-state index is 12.1. The molecule has 0 bridgehead atoms. The van der Waals surface area contributed by atoms with Gasteiger partial charge >= 0.3 is 18.3 Å². The number of phenolic OH excluding ortho intramolecular Hbond substituents is 1. The van der Waals surface area contributed by atoms with E-state index >= 15 is 0 Å². The molecule has 0 saturated carbocycles. The summed E-state index contributed by atoms with van der Waals surface area (Å²) < 4.78 is 37.7. The number of hydrogen-bond acceptors (Lipinski definition) is 11. The number of carbonyl (C=O) groups excluding carboxylic acids is 3. The maximum absolute atomic E-state index is 12.1. The Hall–Kier alpha value is -5.83. The number of benzene rings is 4. The van der Waals surface area contributed by atoms with Crippen LogP contribution in [-0.2, 0) is 54.3 Å². The first kappa shape index (κ1) is 52.1. The molecule has 0 spiro atoms. The Kier molecular flexibility index (Phi) is 18.5. The highest BCUT2D eigenvalue weighted by Crippen LogP contribution is 2.23. The number of phenols is 1. The van der Waals surface area contributed by atoms with E-state index in [1.54, 1.807) is 12.1 Å². The van der Waals surface area contributed by atoms with Gasteiger partial charge in [-0.15, -0.1) is 0 Å². The molecular formula is C53H71N3O11. The Morgan fingerprint density at radius 3 is 1.18 bits per heavy atom. The number of epoxide rings is 3. The van der Waals surface area contributed by atoms with Crippen LogP contribution in [0.5, 0.6) is 11.5 Å². The van der Waals surface area contributed by atoms with E-state index in [1.807, 2.05) is 129 Å². The van der Waals surface area contributed by atoms with Crippen LogP contribution < -0.4 is 20.7 Å². The lowest BCUT2D eigenvalue weighted by Gasteiger charge is -2.23. The summed E-state index contributed by atoms with van der Waals surface area (Å²) in [4.78, 5) is 35.7. The molecule has 0 radical (unpaired) electrons. The number of hydrogen-bond donors (Lipinski definition) is 4. The Labute approximate surface area is 396 Å². The number of rotatable bonds is 15. The minimum Gasteiger partial charge on any atom is -0.508 e. The number of carbonyl (C=O) groups is 3. The number of aryl methyl sites for hydroxylation is 1. The molecule has 0 unspecified atom stereocenters. The van der Waals surface area contributed by atoms with Crippen LogP contribution in [0.3, 0.4) is 0 Å². The molecule has 364 valence electrons. The van der Waals surface area contributed by atoms with Gasteiger partial charge in [-0.2, -0.15) is 0 Å². The lowest BCUT2D eigenvalue weighted by atomic mass is 10.0. The summed E-state index contributed by atoms with van der Waals surface area (Å²) in [6.07, 6.45) is 1.04. The number of ether oxygens (including phenoxy) is 7. The first-order valence-electron chi connectivity index (χ1n) is 23.0. The van der Waals surface area contributed by atoms with Crippen LogP contribution in [-0.4, -0.2) is 96.4 Å². The van der Waals surface area contributed by atoms with E-state index in [4.69, 9.17) is 33.2 Å². The third-order valence-corrected chi connectivity index (χ3v) is 10.1. The molecule has 3 heterocycles. The fourth-order valence-electron chi connectivity index (χ4n) is 6.65. The van der Waals surface area contributed by atoms with Gasteiger partial charge in [-0.25, -0.2) is 14.4 Å². The molecule has 14 heteroatoms. The Bertz CT molecular complexity index is 2040. The largest absolute Gasteiger partial charge is 0.508 e. The second-order valence-corrected chi connectivity index (χ2v) is 20.1. The van der Waals surface area contributed by atoms with Crippen molar-refractivity contribution in [1.29, 1.82) is 0 Å². The number of alkyl carbamates (subject to hydrolysis) is 3. The number of aromatic hydroxyl groups is 1. The molecular weight excluding hydrogens is 855 g/mol. The van der Waals surface area contributed by atoms with Gasteiger partial charge in [0.2, 0.25) is 0 Å². The van der Waals surface area contributed by atoms with Crippen molar-refractivity contribution in [2.24, 2.45) is 0 Å². The smallest absolute Gasteiger partial charge is 0.407 e. The first-order chi connectivity index (χ1) is 31.6. The molecule has 0 aromatic heterocycles. The standard InChI is InChI=1S/C22H27NO4.C16H23NO3.C15H21NO4/c1-22(2,3)27-21(24)23-19(20-15-26-20)13-16-9-11-18(12-10-16)25-14-17-7-5-4-6-8-17;1-11-5-7-12(8-6-11)9-13(14-10-19-14)17-15(18)20-16(2,3)4;1-15(2,3)20-14(18)16-12(13-9-19-13)8-10-4-6-11(17)7-5-10/h4-12,19-20H,13-15H2,1-3H3,(H,23,24);5-8,13-14H,9-10H2,1-4H3,(H,17,18);4-7,12-13,17H,8-9H2,1-3H3,(H,16,18)/t19-,20+;13-,14+;12-,13+/m000/s1. The minimum absolute atomic E-state index is 0.0347. The fourth-order valence-corrected chi connectivity index (χ4v) is 6.65. The van der Waals surface area contributed by atoms with Gasteiger partial charge in [-0.05, 0) is 135 Å². The fraction of sp³-hybridized carbons (Fsp3) is 0.491. The molecule has 6 atom stereocenters. The summed E-state index contributed by atoms with van der Waals surface area (Å²) in [5.74, 6) is 1.05. The molecule has 3 fully saturated rings. The molecule has 0 aliphatic carbocycles. The maximum Gasteiger partial charge on any atom is 0.407 e. The van der Waals surface area contributed by atoms with Gasteiger partial charge in [-0.1, -0.05) is 84.4 Å².